The Hall–Kier alpha value is -2.52. The molecule has 2 N–H and O–H groups in total. The van der Waals surface area contributed by atoms with E-state index in [1.807, 2.05) is 6.92 Å². The van der Waals surface area contributed by atoms with Crippen molar-refractivity contribution in [3.63, 3.8) is 0 Å². The minimum absolute atomic E-state index is 0.0285. The van der Waals surface area contributed by atoms with Crippen molar-refractivity contribution in [1.29, 1.82) is 0 Å². The Bertz CT molecular complexity index is 886. The van der Waals surface area contributed by atoms with Gasteiger partial charge in [-0.05, 0) is 49.7 Å². The zero-order chi connectivity index (χ0) is 20.0. The second kappa shape index (κ2) is 8.92. The van der Waals surface area contributed by atoms with Crippen LogP contribution in [0.3, 0.4) is 0 Å². The number of hydrogen-bond donors (Lipinski definition) is 2. The van der Waals surface area contributed by atoms with Crippen molar-refractivity contribution in [2.45, 2.75) is 37.8 Å². The molecule has 0 radical (unpaired) electrons. The Morgan fingerprint density at radius 2 is 1.74 bits per heavy atom. The van der Waals surface area contributed by atoms with E-state index in [1.165, 1.54) is 42.5 Å². The third kappa shape index (κ3) is 5.73. The van der Waals surface area contributed by atoms with Gasteiger partial charge in [-0.25, -0.2) is 13.1 Å². The maximum Gasteiger partial charge on any atom is 0.387 e. The molecule has 0 saturated heterocycles. The third-order valence-electron chi connectivity index (χ3n) is 3.75. The number of ether oxygens (including phenoxy) is 1. The summed E-state index contributed by atoms with van der Waals surface area (Å²) in [4.78, 5) is 12.3. The first kappa shape index (κ1) is 20.8. The van der Waals surface area contributed by atoms with Crippen LogP contribution in [0.2, 0.25) is 0 Å². The standard InChI is InChI=1S/C18H20F2N2O4S/c1-3-12(2)22-27(24,25)14-10-8-13(9-11-14)17(23)21-15-6-4-5-7-16(15)26-18(19)20/h4-12,18,22H,3H2,1-2H3,(H,21,23). The van der Waals surface area contributed by atoms with E-state index in [2.05, 4.69) is 14.8 Å². The Labute approximate surface area is 156 Å². The van der Waals surface area contributed by atoms with Crippen LogP contribution in [0.15, 0.2) is 53.4 Å². The maximum atomic E-state index is 12.4. The molecule has 1 unspecified atom stereocenters. The highest BCUT2D eigenvalue weighted by Gasteiger charge is 2.18. The largest absolute Gasteiger partial charge is 0.433 e. The van der Waals surface area contributed by atoms with Crippen LogP contribution in [-0.4, -0.2) is 27.0 Å². The van der Waals surface area contributed by atoms with E-state index < -0.39 is 22.5 Å². The van der Waals surface area contributed by atoms with E-state index >= 15 is 0 Å². The molecular weight excluding hydrogens is 378 g/mol. The van der Waals surface area contributed by atoms with Crippen molar-refractivity contribution in [2.75, 3.05) is 5.32 Å². The van der Waals surface area contributed by atoms with Crippen molar-refractivity contribution >= 4 is 21.6 Å². The highest BCUT2D eigenvalue weighted by molar-refractivity contribution is 7.89. The van der Waals surface area contributed by atoms with Crippen LogP contribution in [0.4, 0.5) is 14.5 Å². The zero-order valence-corrected chi connectivity index (χ0v) is 15.6. The number of carbonyl (C=O) groups excluding carboxylic acids is 1. The van der Waals surface area contributed by atoms with Gasteiger partial charge in [0.25, 0.3) is 5.91 Å². The molecule has 0 aliphatic heterocycles. The minimum Gasteiger partial charge on any atom is -0.433 e. The first-order valence-electron chi connectivity index (χ1n) is 8.20. The summed E-state index contributed by atoms with van der Waals surface area (Å²) in [6.07, 6.45) is 0.639. The molecule has 27 heavy (non-hydrogen) atoms. The Balaban J connectivity index is 2.15. The lowest BCUT2D eigenvalue weighted by atomic mass is 10.2. The van der Waals surface area contributed by atoms with Gasteiger partial charge in [-0.3, -0.25) is 4.79 Å². The summed E-state index contributed by atoms with van der Waals surface area (Å²) in [6.45, 7) is 0.583. The third-order valence-corrected chi connectivity index (χ3v) is 5.35. The van der Waals surface area contributed by atoms with Crippen molar-refractivity contribution in [3.05, 3.63) is 54.1 Å². The van der Waals surface area contributed by atoms with Crippen LogP contribution in [0.1, 0.15) is 30.6 Å². The topological polar surface area (TPSA) is 84.5 Å². The van der Waals surface area contributed by atoms with Crippen LogP contribution in [0.5, 0.6) is 5.75 Å². The van der Waals surface area contributed by atoms with E-state index in [0.717, 1.165) is 0 Å². The fraction of sp³-hybridized carbons (Fsp3) is 0.278. The minimum atomic E-state index is -3.68. The van der Waals surface area contributed by atoms with Crippen LogP contribution < -0.4 is 14.8 Å². The lowest BCUT2D eigenvalue weighted by molar-refractivity contribution is -0.0493. The summed E-state index contributed by atoms with van der Waals surface area (Å²) in [7, 11) is -3.68. The van der Waals surface area contributed by atoms with E-state index in [9.17, 15) is 22.0 Å². The zero-order valence-electron chi connectivity index (χ0n) is 14.8. The number of alkyl halides is 2. The van der Waals surface area contributed by atoms with Crippen molar-refractivity contribution < 1.29 is 26.7 Å². The Kier molecular flexibility index (Phi) is 6.86. The predicted octanol–water partition coefficient (Wildman–Crippen LogP) is 3.62. The molecule has 0 aliphatic carbocycles. The molecule has 0 fully saturated rings. The number of amides is 1. The summed E-state index contributed by atoms with van der Waals surface area (Å²) in [5.74, 6) is -0.753. The Morgan fingerprint density at radius 3 is 2.33 bits per heavy atom. The quantitative estimate of drug-likeness (QED) is 0.711. The molecule has 146 valence electrons. The molecule has 0 spiro atoms. The monoisotopic (exact) mass is 398 g/mol. The molecule has 0 saturated carbocycles. The van der Waals surface area contributed by atoms with E-state index in [-0.39, 0.29) is 27.9 Å². The SMILES string of the molecule is CCC(C)NS(=O)(=O)c1ccc(C(=O)Nc2ccccc2OC(F)F)cc1. The molecule has 2 aromatic rings. The number of nitrogens with one attached hydrogen (secondary N) is 2. The fourth-order valence-corrected chi connectivity index (χ4v) is 3.49. The second-order valence-corrected chi connectivity index (χ2v) is 7.50. The number of anilines is 1. The van der Waals surface area contributed by atoms with Gasteiger partial charge in [-0.15, -0.1) is 0 Å². The molecule has 0 heterocycles. The lowest BCUT2D eigenvalue weighted by Crippen LogP contribution is -2.32. The Morgan fingerprint density at radius 1 is 1.11 bits per heavy atom. The van der Waals surface area contributed by atoms with Crippen LogP contribution in [-0.2, 0) is 10.0 Å². The van der Waals surface area contributed by atoms with Crippen molar-refractivity contribution in [2.24, 2.45) is 0 Å². The van der Waals surface area contributed by atoms with Gasteiger partial charge in [0.2, 0.25) is 10.0 Å². The number of carbonyl (C=O) groups is 1. The smallest absolute Gasteiger partial charge is 0.387 e. The van der Waals surface area contributed by atoms with Gasteiger partial charge in [0.05, 0.1) is 10.6 Å². The average Bonchev–Trinajstić information content (AvgIpc) is 2.62. The van der Waals surface area contributed by atoms with Gasteiger partial charge in [-0.2, -0.15) is 8.78 Å². The molecule has 0 aromatic heterocycles. The molecule has 0 bridgehead atoms. The van der Waals surface area contributed by atoms with Gasteiger partial charge in [-0.1, -0.05) is 19.1 Å². The molecule has 6 nitrogen and oxygen atoms in total. The predicted molar refractivity (Wildman–Crippen MR) is 97.5 cm³/mol. The van der Waals surface area contributed by atoms with E-state index in [0.29, 0.717) is 6.42 Å². The van der Waals surface area contributed by atoms with Gasteiger partial charge < -0.3 is 10.1 Å². The highest BCUT2D eigenvalue weighted by Crippen LogP contribution is 2.26. The van der Waals surface area contributed by atoms with Crippen LogP contribution >= 0.6 is 0 Å². The van der Waals surface area contributed by atoms with Gasteiger partial charge >= 0.3 is 6.61 Å². The number of benzene rings is 2. The molecule has 1 amide bonds. The van der Waals surface area contributed by atoms with Gasteiger partial charge in [0.1, 0.15) is 5.75 Å². The number of halogens is 2. The summed E-state index contributed by atoms with van der Waals surface area (Å²) in [6, 6.07) is 10.9. The van der Waals surface area contributed by atoms with Gasteiger partial charge in [0, 0.05) is 11.6 Å². The molecular formula is C18H20F2N2O4S. The molecule has 9 heteroatoms. The normalized spacial score (nSPS) is 12.6. The summed E-state index contributed by atoms with van der Waals surface area (Å²) >= 11 is 0. The first-order chi connectivity index (χ1) is 12.7. The fourth-order valence-electron chi connectivity index (χ4n) is 2.16. The summed E-state index contributed by atoms with van der Waals surface area (Å²) in [5, 5.41) is 2.47. The van der Waals surface area contributed by atoms with Crippen molar-refractivity contribution in [1.82, 2.24) is 4.72 Å². The average molecular weight is 398 g/mol. The number of rotatable bonds is 8. The molecule has 0 aliphatic rings. The van der Waals surface area contributed by atoms with Crippen LogP contribution in [0, 0.1) is 0 Å². The van der Waals surface area contributed by atoms with E-state index in [4.69, 9.17) is 0 Å². The molecule has 1 atom stereocenters. The first-order valence-corrected chi connectivity index (χ1v) is 9.69. The number of sulfonamides is 1. The van der Waals surface area contributed by atoms with E-state index in [1.54, 1.807) is 13.0 Å². The lowest BCUT2D eigenvalue weighted by Gasteiger charge is -2.13. The van der Waals surface area contributed by atoms with Crippen molar-refractivity contribution in [3.8, 4) is 5.75 Å². The summed E-state index contributed by atoms with van der Waals surface area (Å²) < 4.78 is 56.2. The summed E-state index contributed by atoms with van der Waals surface area (Å²) in [5.41, 5.74) is 0.252. The highest BCUT2D eigenvalue weighted by atomic mass is 32.2. The number of para-hydroxylation sites is 2. The molecule has 2 rings (SSSR count). The second-order valence-electron chi connectivity index (χ2n) is 5.78. The number of hydrogen-bond acceptors (Lipinski definition) is 4. The van der Waals surface area contributed by atoms with Crippen LogP contribution in [0.25, 0.3) is 0 Å². The maximum absolute atomic E-state index is 12.4. The van der Waals surface area contributed by atoms with Gasteiger partial charge in [0.15, 0.2) is 0 Å². The molecule has 2 aromatic carbocycles.